The summed E-state index contributed by atoms with van der Waals surface area (Å²) in [5.41, 5.74) is -3.81. The monoisotopic (exact) mass is 380 g/mol. The minimum absolute atomic E-state index is 0.0433. The van der Waals surface area contributed by atoms with Crippen LogP contribution in [0, 0.1) is 5.92 Å². The van der Waals surface area contributed by atoms with E-state index in [4.69, 9.17) is 0 Å². The van der Waals surface area contributed by atoms with Crippen molar-refractivity contribution in [3.8, 4) is 5.75 Å². The molecule has 2 aromatic carbocycles. The number of benzene rings is 2. The van der Waals surface area contributed by atoms with Crippen molar-refractivity contribution < 1.29 is 33.0 Å². The van der Waals surface area contributed by atoms with Gasteiger partial charge >= 0.3 is 12.2 Å². The van der Waals surface area contributed by atoms with Crippen LogP contribution >= 0.6 is 0 Å². The molecule has 2 aromatic rings. The number of hydrogen-bond donors (Lipinski definition) is 4. The van der Waals surface area contributed by atoms with E-state index in [2.05, 4.69) is 5.32 Å². The lowest BCUT2D eigenvalue weighted by Crippen LogP contribution is -2.72. The lowest BCUT2D eigenvalue weighted by Gasteiger charge is -2.45. The fourth-order valence-electron chi connectivity index (χ4n) is 3.12. The number of carbonyl (C=O) groups excluding carboxylic acids is 2. The zero-order chi connectivity index (χ0) is 19.8. The Kier molecular flexibility index (Phi) is 4.56. The van der Waals surface area contributed by atoms with Crippen LogP contribution in [-0.2, 0) is 0 Å². The van der Waals surface area contributed by atoms with E-state index >= 15 is 0 Å². The number of phenolic OH excluding ortho intramolecular Hbond substituents is 1. The van der Waals surface area contributed by atoms with Crippen molar-refractivity contribution >= 4 is 11.8 Å². The highest BCUT2D eigenvalue weighted by Gasteiger charge is 2.66. The second kappa shape index (κ2) is 6.58. The Bertz CT molecular complexity index is 872. The molecule has 2 amide bonds. The summed E-state index contributed by atoms with van der Waals surface area (Å²) in [6.45, 7) is 0. The molecule has 0 unspecified atom stereocenters. The number of amides is 2. The third-order valence-electron chi connectivity index (χ3n) is 4.38. The first kappa shape index (κ1) is 18.7. The van der Waals surface area contributed by atoms with Gasteiger partial charge in [0.2, 0.25) is 5.72 Å². The van der Waals surface area contributed by atoms with Crippen LogP contribution in [-0.4, -0.2) is 33.9 Å². The molecular formula is C18H15F3N2O4. The van der Waals surface area contributed by atoms with Crippen LogP contribution in [0.1, 0.15) is 22.0 Å². The Morgan fingerprint density at radius 2 is 1.74 bits per heavy atom. The Morgan fingerprint density at radius 3 is 2.33 bits per heavy atom. The number of Topliss-reactive ketones (excluding diaryl/α,β-unsaturated/α-hetero) is 1. The molecule has 142 valence electrons. The Labute approximate surface area is 151 Å². The number of rotatable bonds is 3. The highest BCUT2D eigenvalue weighted by atomic mass is 19.4. The summed E-state index contributed by atoms with van der Waals surface area (Å²) in [5, 5.41) is 23.7. The van der Waals surface area contributed by atoms with Crippen LogP contribution in [0.5, 0.6) is 5.75 Å². The summed E-state index contributed by atoms with van der Waals surface area (Å²) in [6, 6.07) is 9.45. The summed E-state index contributed by atoms with van der Waals surface area (Å²) < 4.78 is 41.1. The van der Waals surface area contributed by atoms with Crippen LogP contribution in [0.4, 0.5) is 18.0 Å². The maximum atomic E-state index is 13.7. The Morgan fingerprint density at radius 1 is 1.07 bits per heavy atom. The van der Waals surface area contributed by atoms with Crippen molar-refractivity contribution in [2.24, 2.45) is 5.92 Å². The lowest BCUT2D eigenvalue weighted by atomic mass is 9.77. The van der Waals surface area contributed by atoms with Gasteiger partial charge in [-0.1, -0.05) is 42.5 Å². The van der Waals surface area contributed by atoms with Crippen molar-refractivity contribution in [2.75, 3.05) is 0 Å². The molecule has 3 atom stereocenters. The van der Waals surface area contributed by atoms with Crippen molar-refractivity contribution in [3.05, 3.63) is 65.7 Å². The summed E-state index contributed by atoms with van der Waals surface area (Å²) in [7, 11) is 0. The maximum Gasteiger partial charge on any atom is 0.437 e. The van der Waals surface area contributed by atoms with Gasteiger partial charge in [-0.2, -0.15) is 13.2 Å². The number of carbonyl (C=O) groups is 2. The van der Waals surface area contributed by atoms with Crippen LogP contribution in [0.15, 0.2) is 54.6 Å². The molecule has 0 bridgehead atoms. The molecule has 0 spiro atoms. The molecule has 1 saturated heterocycles. The normalized spacial score (nSPS) is 25.4. The van der Waals surface area contributed by atoms with E-state index in [1.807, 2.05) is 0 Å². The van der Waals surface area contributed by atoms with Crippen LogP contribution in [0.3, 0.4) is 0 Å². The van der Waals surface area contributed by atoms with Gasteiger partial charge in [0.1, 0.15) is 11.7 Å². The first-order chi connectivity index (χ1) is 12.6. The highest BCUT2D eigenvalue weighted by molar-refractivity contribution is 6.00. The smallest absolute Gasteiger partial charge is 0.437 e. The molecule has 0 aromatic heterocycles. The van der Waals surface area contributed by atoms with E-state index in [9.17, 15) is 33.0 Å². The van der Waals surface area contributed by atoms with Gasteiger partial charge in [0.25, 0.3) is 0 Å². The van der Waals surface area contributed by atoms with Gasteiger partial charge in [-0.15, -0.1) is 0 Å². The van der Waals surface area contributed by atoms with Gasteiger partial charge in [0.15, 0.2) is 5.78 Å². The second-order valence-electron chi connectivity index (χ2n) is 6.14. The minimum atomic E-state index is -5.32. The fourth-order valence-corrected chi connectivity index (χ4v) is 3.12. The molecule has 4 N–H and O–H groups in total. The van der Waals surface area contributed by atoms with Crippen molar-refractivity contribution in [1.29, 1.82) is 0 Å². The summed E-state index contributed by atoms with van der Waals surface area (Å²) in [6.07, 6.45) is -5.32. The average molecular weight is 380 g/mol. The molecule has 1 heterocycles. The largest absolute Gasteiger partial charge is 0.508 e. The first-order valence-corrected chi connectivity index (χ1v) is 7.89. The van der Waals surface area contributed by atoms with E-state index in [0.717, 1.165) is 6.07 Å². The van der Waals surface area contributed by atoms with E-state index in [1.165, 1.54) is 47.8 Å². The van der Waals surface area contributed by atoms with Crippen LogP contribution in [0.25, 0.3) is 0 Å². The standard InChI is InChI=1S/C18H15F3N2O4/c19-18(20,21)17(27)13(15(25)10-5-2-1-3-6-10)14(22-16(26)23-17)11-7-4-8-12(24)9-11/h1-9,13-14,24,27H,(H2,22,23,26)/t13-,14-,17+/m0/s1. The molecular weight excluding hydrogens is 365 g/mol. The zero-order valence-electron chi connectivity index (χ0n) is 13.7. The molecule has 1 fully saturated rings. The predicted octanol–water partition coefficient (Wildman–Crippen LogP) is 2.50. The highest BCUT2D eigenvalue weighted by Crippen LogP contribution is 2.44. The van der Waals surface area contributed by atoms with Crippen LogP contribution in [0.2, 0.25) is 0 Å². The molecule has 1 aliphatic rings. The topological polar surface area (TPSA) is 98.7 Å². The van der Waals surface area contributed by atoms with E-state index in [-0.39, 0.29) is 16.9 Å². The van der Waals surface area contributed by atoms with Crippen molar-refractivity contribution in [3.63, 3.8) is 0 Å². The molecule has 0 aliphatic carbocycles. The lowest BCUT2D eigenvalue weighted by molar-refractivity contribution is -0.287. The van der Waals surface area contributed by atoms with Gasteiger partial charge in [-0.05, 0) is 17.7 Å². The molecule has 3 rings (SSSR count). The maximum absolute atomic E-state index is 13.7. The SMILES string of the molecule is O=C1N[C@@H](c2cccc(O)c2)[C@@H](C(=O)c2ccccc2)[C@@](O)(C(F)(F)F)N1. The first-order valence-electron chi connectivity index (χ1n) is 7.89. The van der Waals surface area contributed by atoms with Crippen LogP contribution < -0.4 is 10.6 Å². The molecule has 0 saturated carbocycles. The van der Waals surface area contributed by atoms with E-state index in [0.29, 0.717) is 0 Å². The number of alkyl halides is 3. The summed E-state index contributed by atoms with van der Waals surface area (Å²) in [4.78, 5) is 24.8. The van der Waals surface area contributed by atoms with Crippen molar-refractivity contribution in [2.45, 2.75) is 17.9 Å². The average Bonchev–Trinajstić information content (AvgIpc) is 2.60. The third-order valence-corrected chi connectivity index (χ3v) is 4.38. The minimum Gasteiger partial charge on any atom is -0.508 e. The zero-order valence-corrected chi connectivity index (χ0v) is 13.7. The number of halogens is 3. The summed E-state index contributed by atoms with van der Waals surface area (Å²) in [5.74, 6) is -3.41. The molecule has 1 aliphatic heterocycles. The number of nitrogens with one attached hydrogen (secondary N) is 2. The number of aliphatic hydroxyl groups is 1. The van der Waals surface area contributed by atoms with E-state index in [1.54, 1.807) is 6.07 Å². The number of urea groups is 1. The van der Waals surface area contributed by atoms with E-state index < -0.39 is 35.7 Å². The van der Waals surface area contributed by atoms with Gasteiger partial charge in [-0.25, -0.2) is 4.79 Å². The number of phenols is 1. The van der Waals surface area contributed by atoms with Gasteiger partial charge < -0.3 is 20.8 Å². The van der Waals surface area contributed by atoms with Gasteiger partial charge in [0.05, 0.1) is 6.04 Å². The number of aromatic hydroxyl groups is 1. The van der Waals surface area contributed by atoms with Gasteiger partial charge in [-0.3, -0.25) is 4.79 Å². The fraction of sp³-hybridized carbons (Fsp3) is 0.222. The molecule has 0 radical (unpaired) electrons. The number of ketones is 1. The predicted molar refractivity (Wildman–Crippen MR) is 87.8 cm³/mol. The van der Waals surface area contributed by atoms with Gasteiger partial charge in [0, 0.05) is 5.56 Å². The Hall–Kier alpha value is -3.07. The number of hydrogen-bond acceptors (Lipinski definition) is 4. The summed E-state index contributed by atoms with van der Waals surface area (Å²) >= 11 is 0. The molecule has 9 heteroatoms. The molecule has 6 nitrogen and oxygen atoms in total. The molecule has 27 heavy (non-hydrogen) atoms. The second-order valence-corrected chi connectivity index (χ2v) is 6.14. The van der Waals surface area contributed by atoms with Crippen molar-refractivity contribution in [1.82, 2.24) is 10.6 Å². The quantitative estimate of drug-likeness (QED) is 0.615. The third kappa shape index (κ3) is 3.33. The Balaban J connectivity index is 2.17.